The quantitative estimate of drug-likeness (QED) is 0.846. The summed E-state index contributed by atoms with van der Waals surface area (Å²) in [7, 11) is 2.17. The Hall–Kier alpha value is -1.10. The summed E-state index contributed by atoms with van der Waals surface area (Å²) in [5.41, 5.74) is 3.42. The molecule has 5 heteroatoms. The van der Waals surface area contributed by atoms with Crippen LogP contribution in [0.4, 0.5) is 5.69 Å². The molecule has 0 aliphatic carbocycles. The van der Waals surface area contributed by atoms with Crippen LogP contribution in [0.1, 0.15) is 4.88 Å². The van der Waals surface area contributed by atoms with Crippen LogP contribution in [0.5, 0.6) is 0 Å². The standard InChI is InChI=1S/C15H18ClN3S/c1-11-13(10-15(16)20-11)14-9-12(3-4-17-14)19-7-5-18(2)6-8-19/h3-4,9-10H,5-8H2,1-2H3. The van der Waals surface area contributed by atoms with Gasteiger partial charge in [0.1, 0.15) is 0 Å². The van der Waals surface area contributed by atoms with Gasteiger partial charge in [0.2, 0.25) is 0 Å². The van der Waals surface area contributed by atoms with Gasteiger partial charge in [0.05, 0.1) is 10.0 Å². The number of halogens is 1. The molecule has 20 heavy (non-hydrogen) atoms. The Labute approximate surface area is 128 Å². The molecular formula is C15H18ClN3S. The lowest BCUT2D eigenvalue weighted by molar-refractivity contribution is 0.313. The minimum Gasteiger partial charge on any atom is -0.369 e. The van der Waals surface area contributed by atoms with Crippen molar-refractivity contribution < 1.29 is 0 Å². The Morgan fingerprint density at radius 1 is 1.20 bits per heavy atom. The van der Waals surface area contributed by atoms with Gasteiger partial charge in [-0.25, -0.2) is 0 Å². The van der Waals surface area contributed by atoms with Gasteiger partial charge in [0, 0.05) is 48.5 Å². The minimum atomic E-state index is 0.823. The Kier molecular flexibility index (Phi) is 3.96. The first-order chi connectivity index (χ1) is 9.63. The molecular weight excluding hydrogens is 290 g/mol. The van der Waals surface area contributed by atoms with E-state index in [0.29, 0.717) is 0 Å². The summed E-state index contributed by atoms with van der Waals surface area (Å²) in [6.45, 7) is 6.46. The van der Waals surface area contributed by atoms with E-state index in [1.807, 2.05) is 12.3 Å². The van der Waals surface area contributed by atoms with Crippen molar-refractivity contribution in [2.75, 3.05) is 38.1 Å². The van der Waals surface area contributed by atoms with Crippen molar-refractivity contribution in [2.45, 2.75) is 6.92 Å². The predicted molar refractivity (Wildman–Crippen MR) is 87.0 cm³/mol. The topological polar surface area (TPSA) is 19.4 Å². The van der Waals surface area contributed by atoms with Gasteiger partial charge in [-0.05, 0) is 32.2 Å². The molecule has 0 amide bonds. The molecule has 0 bridgehead atoms. The van der Waals surface area contributed by atoms with Crippen LogP contribution >= 0.6 is 22.9 Å². The number of piperazine rings is 1. The summed E-state index contributed by atoms with van der Waals surface area (Å²) in [6, 6.07) is 6.28. The molecule has 0 radical (unpaired) electrons. The van der Waals surface area contributed by atoms with Crippen LogP contribution in [-0.2, 0) is 0 Å². The monoisotopic (exact) mass is 307 g/mol. The van der Waals surface area contributed by atoms with E-state index in [9.17, 15) is 0 Å². The molecule has 2 aromatic rings. The van der Waals surface area contributed by atoms with Crippen LogP contribution in [0.15, 0.2) is 24.4 Å². The van der Waals surface area contributed by atoms with Gasteiger partial charge in [-0.3, -0.25) is 4.98 Å². The van der Waals surface area contributed by atoms with E-state index in [4.69, 9.17) is 11.6 Å². The number of nitrogens with zero attached hydrogens (tertiary/aromatic N) is 3. The second kappa shape index (κ2) is 5.72. The zero-order valence-electron chi connectivity index (χ0n) is 11.8. The number of thiophene rings is 1. The summed E-state index contributed by atoms with van der Waals surface area (Å²) >= 11 is 7.71. The number of aromatic nitrogens is 1. The van der Waals surface area contributed by atoms with E-state index in [2.05, 4.69) is 40.9 Å². The van der Waals surface area contributed by atoms with E-state index in [-0.39, 0.29) is 0 Å². The van der Waals surface area contributed by atoms with Crippen LogP contribution in [0.25, 0.3) is 11.3 Å². The minimum absolute atomic E-state index is 0.823. The smallest absolute Gasteiger partial charge is 0.0938 e. The summed E-state index contributed by atoms with van der Waals surface area (Å²) < 4.78 is 0.823. The van der Waals surface area contributed by atoms with E-state index >= 15 is 0 Å². The maximum absolute atomic E-state index is 6.09. The Morgan fingerprint density at radius 2 is 1.95 bits per heavy atom. The van der Waals surface area contributed by atoms with Gasteiger partial charge in [-0.1, -0.05) is 11.6 Å². The number of likely N-dealkylation sites (N-methyl/N-ethyl adjacent to an activating group) is 1. The summed E-state index contributed by atoms with van der Waals surface area (Å²) in [4.78, 5) is 10.5. The highest BCUT2D eigenvalue weighted by Crippen LogP contribution is 2.34. The molecule has 106 valence electrons. The third kappa shape index (κ3) is 2.82. The molecule has 3 heterocycles. The van der Waals surface area contributed by atoms with Gasteiger partial charge in [-0.15, -0.1) is 11.3 Å². The van der Waals surface area contributed by atoms with Crippen molar-refractivity contribution in [3.05, 3.63) is 33.6 Å². The molecule has 0 N–H and O–H groups in total. The number of hydrogen-bond donors (Lipinski definition) is 0. The molecule has 0 atom stereocenters. The number of pyridine rings is 1. The normalized spacial score (nSPS) is 16.6. The largest absolute Gasteiger partial charge is 0.369 e. The number of aryl methyl sites for hydroxylation is 1. The Bertz CT molecular complexity index is 603. The van der Waals surface area contributed by atoms with Gasteiger partial charge in [-0.2, -0.15) is 0 Å². The summed E-state index contributed by atoms with van der Waals surface area (Å²) in [5, 5.41) is 0. The van der Waals surface area contributed by atoms with Crippen LogP contribution in [0, 0.1) is 6.92 Å². The van der Waals surface area contributed by atoms with Crippen molar-refractivity contribution in [3.63, 3.8) is 0 Å². The molecule has 1 fully saturated rings. The predicted octanol–water partition coefficient (Wildman–Crippen LogP) is 3.52. The van der Waals surface area contributed by atoms with Crippen molar-refractivity contribution in [2.24, 2.45) is 0 Å². The van der Waals surface area contributed by atoms with E-state index in [1.165, 1.54) is 10.6 Å². The van der Waals surface area contributed by atoms with Crippen molar-refractivity contribution >= 4 is 28.6 Å². The molecule has 0 unspecified atom stereocenters. The lowest BCUT2D eigenvalue weighted by Crippen LogP contribution is -2.44. The third-order valence-corrected chi connectivity index (χ3v) is 4.96. The maximum atomic E-state index is 6.09. The molecule has 0 aromatic carbocycles. The first-order valence-electron chi connectivity index (χ1n) is 6.79. The van der Waals surface area contributed by atoms with E-state index < -0.39 is 0 Å². The fourth-order valence-corrected chi connectivity index (χ4v) is 3.73. The number of hydrogen-bond acceptors (Lipinski definition) is 4. The van der Waals surface area contributed by atoms with Gasteiger partial charge < -0.3 is 9.80 Å². The molecule has 3 nitrogen and oxygen atoms in total. The molecule has 0 saturated carbocycles. The molecule has 2 aromatic heterocycles. The number of anilines is 1. The first kappa shape index (κ1) is 13.9. The van der Waals surface area contributed by atoms with Crippen LogP contribution in [0.3, 0.4) is 0 Å². The summed E-state index contributed by atoms with van der Waals surface area (Å²) in [6.07, 6.45) is 1.90. The fourth-order valence-electron chi connectivity index (χ4n) is 2.53. The molecule has 3 rings (SSSR count). The zero-order valence-corrected chi connectivity index (χ0v) is 13.3. The Morgan fingerprint density at radius 3 is 2.60 bits per heavy atom. The lowest BCUT2D eigenvalue weighted by atomic mass is 10.1. The molecule has 1 aliphatic rings. The van der Waals surface area contributed by atoms with Gasteiger partial charge in [0.25, 0.3) is 0 Å². The second-order valence-electron chi connectivity index (χ2n) is 5.21. The zero-order chi connectivity index (χ0) is 14.1. The van der Waals surface area contributed by atoms with Crippen molar-refractivity contribution in [3.8, 4) is 11.3 Å². The van der Waals surface area contributed by atoms with Crippen LogP contribution in [-0.4, -0.2) is 43.1 Å². The summed E-state index contributed by atoms with van der Waals surface area (Å²) in [5.74, 6) is 0. The Balaban J connectivity index is 1.88. The highest BCUT2D eigenvalue weighted by molar-refractivity contribution is 7.16. The third-order valence-electron chi connectivity index (χ3n) is 3.78. The average Bonchev–Trinajstić information content (AvgIpc) is 2.79. The van der Waals surface area contributed by atoms with Crippen molar-refractivity contribution in [1.29, 1.82) is 0 Å². The number of rotatable bonds is 2. The molecule has 1 saturated heterocycles. The highest BCUT2D eigenvalue weighted by atomic mass is 35.5. The van der Waals surface area contributed by atoms with E-state index in [0.717, 1.165) is 41.8 Å². The van der Waals surface area contributed by atoms with Crippen LogP contribution in [0.2, 0.25) is 4.34 Å². The van der Waals surface area contributed by atoms with Gasteiger partial charge in [0.15, 0.2) is 0 Å². The fraction of sp³-hybridized carbons (Fsp3) is 0.400. The van der Waals surface area contributed by atoms with Crippen molar-refractivity contribution in [1.82, 2.24) is 9.88 Å². The van der Waals surface area contributed by atoms with Gasteiger partial charge >= 0.3 is 0 Å². The maximum Gasteiger partial charge on any atom is 0.0938 e. The lowest BCUT2D eigenvalue weighted by Gasteiger charge is -2.34. The molecule has 1 aliphatic heterocycles. The first-order valence-corrected chi connectivity index (χ1v) is 7.99. The van der Waals surface area contributed by atoms with E-state index in [1.54, 1.807) is 11.3 Å². The van der Waals surface area contributed by atoms with Crippen LogP contribution < -0.4 is 4.90 Å². The molecule has 0 spiro atoms. The SMILES string of the molecule is Cc1sc(Cl)cc1-c1cc(N2CCN(C)CC2)ccn1. The second-order valence-corrected chi connectivity index (χ2v) is 7.10. The highest BCUT2D eigenvalue weighted by Gasteiger charge is 2.15. The average molecular weight is 308 g/mol.